The molecule has 1 aliphatic heterocycles. The number of nitrogens with zero attached hydrogens (tertiary/aromatic N) is 3. The van der Waals surface area contributed by atoms with Crippen molar-refractivity contribution in [3.05, 3.63) is 16.0 Å². The average molecular weight is 343 g/mol. The Balaban J connectivity index is 2.35. The van der Waals surface area contributed by atoms with Crippen molar-refractivity contribution in [2.45, 2.75) is 39.2 Å². The fourth-order valence-corrected chi connectivity index (χ4v) is 3.04. The minimum atomic E-state index is -0.0970. The van der Waals surface area contributed by atoms with Gasteiger partial charge in [-0.15, -0.1) is 0 Å². The molecule has 112 valence electrons. The monoisotopic (exact) mass is 342 g/mol. The number of halogens is 1. The van der Waals surface area contributed by atoms with Crippen LogP contribution < -0.4 is 5.73 Å². The summed E-state index contributed by atoms with van der Waals surface area (Å²) in [6, 6.07) is 0. The van der Waals surface area contributed by atoms with Crippen molar-refractivity contribution in [3.63, 3.8) is 0 Å². The Kier molecular flexibility index (Phi) is 4.66. The Morgan fingerprint density at radius 3 is 2.70 bits per heavy atom. The summed E-state index contributed by atoms with van der Waals surface area (Å²) in [4.78, 5) is 11.5. The summed E-state index contributed by atoms with van der Waals surface area (Å²) in [5.74, 6) is 1.17. The number of aromatic nitrogens is 2. The van der Waals surface area contributed by atoms with E-state index in [4.69, 9.17) is 15.5 Å². The van der Waals surface area contributed by atoms with Crippen LogP contribution in [0.4, 0.5) is 5.82 Å². The van der Waals surface area contributed by atoms with Gasteiger partial charge >= 0.3 is 0 Å². The molecular weight excluding hydrogens is 320 g/mol. The molecule has 0 saturated carbocycles. The molecule has 0 aromatic carbocycles. The van der Waals surface area contributed by atoms with Crippen molar-refractivity contribution in [1.29, 1.82) is 0 Å². The minimum Gasteiger partial charge on any atom is -0.383 e. The summed E-state index contributed by atoms with van der Waals surface area (Å²) in [7, 11) is 0. The Bertz CT molecular complexity index is 487. The lowest BCUT2D eigenvalue weighted by molar-refractivity contribution is -0.0326. The second-order valence-electron chi connectivity index (χ2n) is 6.13. The quantitative estimate of drug-likeness (QED) is 0.894. The molecule has 1 fully saturated rings. The van der Waals surface area contributed by atoms with Gasteiger partial charge in [0.05, 0.1) is 16.8 Å². The van der Waals surface area contributed by atoms with Crippen LogP contribution >= 0.6 is 15.9 Å². The number of likely N-dealkylation sites (N-methyl/N-ethyl adjacent to an activating group) is 1. The molecular formula is C14H23BrN4O. The Hall–Kier alpha value is -0.720. The summed E-state index contributed by atoms with van der Waals surface area (Å²) in [6.45, 7) is 12.0. The van der Waals surface area contributed by atoms with E-state index in [1.165, 1.54) is 0 Å². The van der Waals surface area contributed by atoms with Crippen LogP contribution in [-0.2, 0) is 10.2 Å². The number of nitrogens with two attached hydrogens (primary N) is 1. The second kappa shape index (κ2) is 5.95. The number of hydrogen-bond donors (Lipinski definition) is 1. The lowest BCUT2D eigenvalue weighted by Crippen LogP contribution is -2.39. The van der Waals surface area contributed by atoms with E-state index in [1.54, 1.807) is 0 Å². The summed E-state index contributed by atoms with van der Waals surface area (Å²) < 4.78 is 6.61. The van der Waals surface area contributed by atoms with Gasteiger partial charge in [-0.05, 0) is 22.5 Å². The van der Waals surface area contributed by atoms with Gasteiger partial charge < -0.3 is 10.5 Å². The zero-order valence-corrected chi connectivity index (χ0v) is 14.2. The molecule has 0 amide bonds. The Labute approximate surface area is 129 Å². The van der Waals surface area contributed by atoms with Crippen LogP contribution in [0.2, 0.25) is 0 Å². The first kappa shape index (κ1) is 15.7. The predicted molar refractivity (Wildman–Crippen MR) is 83.7 cm³/mol. The molecule has 5 nitrogen and oxygen atoms in total. The highest BCUT2D eigenvalue weighted by Gasteiger charge is 2.28. The maximum absolute atomic E-state index is 6.02. The smallest absolute Gasteiger partial charge is 0.161 e. The number of hydrogen-bond acceptors (Lipinski definition) is 5. The molecule has 1 aromatic heterocycles. The van der Waals surface area contributed by atoms with Crippen LogP contribution in [0.5, 0.6) is 0 Å². The third kappa shape index (κ3) is 3.30. The van der Waals surface area contributed by atoms with Crippen LogP contribution in [0.15, 0.2) is 4.47 Å². The first-order valence-corrected chi connectivity index (χ1v) is 7.79. The van der Waals surface area contributed by atoms with E-state index < -0.39 is 0 Å². The van der Waals surface area contributed by atoms with Crippen molar-refractivity contribution < 1.29 is 4.74 Å². The first-order chi connectivity index (χ1) is 9.32. The van der Waals surface area contributed by atoms with Crippen LogP contribution in [-0.4, -0.2) is 41.1 Å². The van der Waals surface area contributed by atoms with Crippen LogP contribution in [0.1, 0.15) is 45.3 Å². The predicted octanol–water partition coefficient (Wildman–Crippen LogP) is 2.51. The molecule has 1 aliphatic rings. The largest absolute Gasteiger partial charge is 0.383 e. The van der Waals surface area contributed by atoms with Gasteiger partial charge in [0, 0.05) is 18.5 Å². The molecule has 2 N–H and O–H groups in total. The summed E-state index contributed by atoms with van der Waals surface area (Å²) in [6.07, 6.45) is -0.0970. The fraction of sp³-hybridized carbons (Fsp3) is 0.714. The van der Waals surface area contributed by atoms with Gasteiger partial charge in [-0.25, -0.2) is 9.97 Å². The molecule has 0 radical (unpaired) electrons. The maximum Gasteiger partial charge on any atom is 0.161 e. The highest BCUT2D eigenvalue weighted by atomic mass is 79.9. The third-order valence-corrected chi connectivity index (χ3v) is 4.27. The molecule has 1 saturated heterocycles. The van der Waals surface area contributed by atoms with Crippen molar-refractivity contribution >= 4 is 21.7 Å². The SMILES string of the molecule is CCN1CCOC(c2nc(N)c(Br)c(C(C)(C)C)n2)C1. The van der Waals surface area contributed by atoms with Gasteiger partial charge in [-0.3, -0.25) is 4.90 Å². The first-order valence-electron chi connectivity index (χ1n) is 7.00. The van der Waals surface area contributed by atoms with Crippen molar-refractivity contribution in [2.75, 3.05) is 32.0 Å². The van der Waals surface area contributed by atoms with E-state index >= 15 is 0 Å². The van der Waals surface area contributed by atoms with Gasteiger partial charge in [0.1, 0.15) is 11.9 Å². The van der Waals surface area contributed by atoms with Gasteiger partial charge in [-0.1, -0.05) is 27.7 Å². The summed E-state index contributed by atoms with van der Waals surface area (Å²) in [5.41, 5.74) is 6.86. The second-order valence-corrected chi connectivity index (χ2v) is 6.93. The zero-order valence-electron chi connectivity index (χ0n) is 12.6. The topological polar surface area (TPSA) is 64.3 Å². The molecule has 1 atom stereocenters. The standard InChI is InChI=1S/C14H23BrN4O/c1-5-19-6-7-20-9(8-19)13-17-11(14(2,3)4)10(15)12(16)18-13/h9H,5-8H2,1-4H3,(H2,16,17,18). The van der Waals surface area contributed by atoms with E-state index in [9.17, 15) is 0 Å². The van der Waals surface area contributed by atoms with Crippen LogP contribution in [0.3, 0.4) is 0 Å². The fourth-order valence-electron chi connectivity index (χ4n) is 2.27. The third-order valence-electron chi connectivity index (χ3n) is 3.49. The van der Waals surface area contributed by atoms with Gasteiger partial charge in [0.15, 0.2) is 5.82 Å². The molecule has 2 heterocycles. The van der Waals surface area contributed by atoms with Gasteiger partial charge in [0.25, 0.3) is 0 Å². The molecule has 2 rings (SSSR count). The molecule has 0 bridgehead atoms. The Morgan fingerprint density at radius 1 is 1.40 bits per heavy atom. The van der Waals surface area contributed by atoms with Crippen molar-refractivity contribution in [2.24, 2.45) is 0 Å². The number of anilines is 1. The van der Waals surface area contributed by atoms with E-state index in [0.29, 0.717) is 18.2 Å². The van der Waals surface area contributed by atoms with Crippen LogP contribution in [0.25, 0.3) is 0 Å². The van der Waals surface area contributed by atoms with Crippen molar-refractivity contribution in [1.82, 2.24) is 14.9 Å². The van der Waals surface area contributed by atoms with E-state index in [-0.39, 0.29) is 11.5 Å². The van der Waals surface area contributed by atoms with E-state index in [1.807, 2.05) is 0 Å². The van der Waals surface area contributed by atoms with Crippen LogP contribution in [0, 0.1) is 0 Å². The average Bonchev–Trinajstić information content (AvgIpc) is 2.40. The lowest BCUT2D eigenvalue weighted by Gasteiger charge is -2.32. The number of nitrogen functional groups attached to an aromatic ring is 1. The number of ether oxygens (including phenoxy) is 1. The van der Waals surface area contributed by atoms with E-state index in [2.05, 4.69) is 53.5 Å². The van der Waals surface area contributed by atoms with E-state index in [0.717, 1.165) is 29.8 Å². The summed E-state index contributed by atoms with van der Waals surface area (Å²) in [5, 5.41) is 0. The maximum atomic E-state index is 6.02. The minimum absolute atomic E-state index is 0.0935. The Morgan fingerprint density at radius 2 is 2.10 bits per heavy atom. The lowest BCUT2D eigenvalue weighted by atomic mass is 9.92. The van der Waals surface area contributed by atoms with Gasteiger partial charge in [-0.2, -0.15) is 0 Å². The number of rotatable bonds is 2. The summed E-state index contributed by atoms with van der Waals surface area (Å²) >= 11 is 3.50. The number of morpholine rings is 1. The van der Waals surface area contributed by atoms with Crippen molar-refractivity contribution in [3.8, 4) is 0 Å². The molecule has 1 unspecified atom stereocenters. The zero-order chi connectivity index (χ0) is 14.9. The normalized spacial score (nSPS) is 21.1. The highest BCUT2D eigenvalue weighted by molar-refractivity contribution is 9.10. The molecule has 6 heteroatoms. The molecule has 20 heavy (non-hydrogen) atoms. The molecule has 0 spiro atoms. The molecule has 1 aromatic rings. The van der Waals surface area contributed by atoms with Gasteiger partial charge in [0.2, 0.25) is 0 Å². The molecule has 0 aliphatic carbocycles. The highest BCUT2D eigenvalue weighted by Crippen LogP contribution is 2.33.